The summed E-state index contributed by atoms with van der Waals surface area (Å²) in [5.74, 6) is 0.838. The smallest absolute Gasteiger partial charge is 0.341 e. The minimum absolute atomic E-state index is 0.0897. The Labute approximate surface area is 327 Å². The molecule has 1 saturated heterocycles. The van der Waals surface area contributed by atoms with Gasteiger partial charge in [-0.2, -0.15) is 0 Å². The number of carbonyl (C=O) groups excluding carboxylic acids is 2. The minimum Gasteiger partial charge on any atom is -0.497 e. The van der Waals surface area contributed by atoms with Crippen LogP contribution in [0.25, 0.3) is 0 Å². The van der Waals surface area contributed by atoms with E-state index in [0.717, 1.165) is 52.1 Å². The van der Waals surface area contributed by atoms with Crippen molar-refractivity contribution in [1.82, 2.24) is 0 Å². The molecule has 3 rings (SSSR count). The molecule has 0 aliphatic carbocycles. The molecule has 1 aliphatic heterocycles. The van der Waals surface area contributed by atoms with Crippen LogP contribution in [0.3, 0.4) is 0 Å². The number of ether oxygens (including phenoxy) is 6. The number of allylic oxidation sites excluding steroid dienone is 1. The number of rotatable bonds is 25. The highest BCUT2D eigenvalue weighted by Gasteiger charge is 2.30. The summed E-state index contributed by atoms with van der Waals surface area (Å²) >= 11 is 0. The van der Waals surface area contributed by atoms with Crippen LogP contribution in [0.1, 0.15) is 70.9 Å². The van der Waals surface area contributed by atoms with E-state index in [9.17, 15) is 14.2 Å². The number of methoxy groups -OCH3 is 2. The highest BCUT2D eigenvalue weighted by atomic mass is 31.2. The Morgan fingerprint density at radius 3 is 2.11 bits per heavy atom. The van der Waals surface area contributed by atoms with Crippen LogP contribution in [-0.4, -0.2) is 76.9 Å². The van der Waals surface area contributed by atoms with Crippen LogP contribution in [0, 0.1) is 0 Å². The molecule has 0 amide bonds. The third kappa shape index (κ3) is 17.7. The van der Waals surface area contributed by atoms with Crippen LogP contribution in [0.2, 0.25) is 0 Å². The topological polar surface area (TPSA) is 125 Å². The zero-order valence-corrected chi connectivity index (χ0v) is 34.1. The Morgan fingerprint density at radius 1 is 0.909 bits per heavy atom. The summed E-state index contributed by atoms with van der Waals surface area (Å²) in [7, 11) is -0.400. The Kier molecular flexibility index (Phi) is 20.4. The standard InChI is InChI=1S/C43H59O11P/c1-8-51-55(46,52-9-2)31-43(45)54-42(30-49-28-35-13-17-37(47-6)18-14-35)27-34(5)26-41-25-33(4)24-40(53-41)12-10-11-39(23-32(3)21-22-44)50-29-36-15-19-38(48-7)20-16-36/h10-11,13-22,26,39-42H,4,8-9,12,23-25,27-31H2,1-3,5-7H3/b11-10+,32-21-,34-26+/t39?,40-,41-,42-/m1/s1. The fourth-order valence-corrected chi connectivity index (χ4v) is 7.51. The number of aldehydes is 1. The third-order valence-corrected chi connectivity index (χ3v) is 10.6. The van der Waals surface area contributed by atoms with Gasteiger partial charge in [0.25, 0.3) is 0 Å². The van der Waals surface area contributed by atoms with Gasteiger partial charge in [-0.05, 0) is 94.8 Å². The lowest BCUT2D eigenvalue weighted by Crippen LogP contribution is -2.28. The Morgan fingerprint density at radius 2 is 1.53 bits per heavy atom. The summed E-state index contributed by atoms with van der Waals surface area (Å²) in [5.41, 5.74) is 4.92. The Bertz CT molecular complexity index is 1600. The molecule has 0 bridgehead atoms. The average molecular weight is 783 g/mol. The van der Waals surface area contributed by atoms with Crippen LogP contribution in [0.5, 0.6) is 11.5 Å². The van der Waals surface area contributed by atoms with Gasteiger partial charge in [-0.15, -0.1) is 0 Å². The summed E-state index contributed by atoms with van der Waals surface area (Å²) in [6, 6.07) is 15.3. The number of carbonyl (C=O) groups is 2. The second-order valence-electron chi connectivity index (χ2n) is 13.5. The van der Waals surface area contributed by atoms with E-state index in [1.165, 1.54) is 0 Å². The molecule has 11 nitrogen and oxygen atoms in total. The van der Waals surface area contributed by atoms with Crippen molar-refractivity contribution in [2.24, 2.45) is 0 Å². The molecule has 2 aromatic rings. The van der Waals surface area contributed by atoms with Gasteiger partial charge in [-0.25, -0.2) is 0 Å². The van der Waals surface area contributed by atoms with Gasteiger partial charge in [-0.1, -0.05) is 65.8 Å². The van der Waals surface area contributed by atoms with E-state index in [2.05, 4.69) is 12.7 Å². The molecule has 1 unspecified atom stereocenters. The predicted molar refractivity (Wildman–Crippen MR) is 213 cm³/mol. The van der Waals surface area contributed by atoms with Gasteiger partial charge in [0.1, 0.15) is 30.1 Å². The maximum Gasteiger partial charge on any atom is 0.341 e. The fraction of sp³-hybridized carbons (Fsp3) is 0.488. The largest absolute Gasteiger partial charge is 0.497 e. The maximum absolute atomic E-state index is 13.0. The lowest BCUT2D eigenvalue weighted by Gasteiger charge is -2.30. The lowest BCUT2D eigenvalue weighted by molar-refractivity contribution is -0.149. The predicted octanol–water partition coefficient (Wildman–Crippen LogP) is 8.91. The molecule has 55 heavy (non-hydrogen) atoms. The van der Waals surface area contributed by atoms with Crippen LogP contribution in [-0.2, 0) is 55.4 Å². The molecule has 2 aromatic carbocycles. The summed E-state index contributed by atoms with van der Waals surface area (Å²) in [5, 5.41) is 0. The van der Waals surface area contributed by atoms with Gasteiger partial charge in [0.2, 0.25) is 0 Å². The number of esters is 1. The monoisotopic (exact) mass is 782 g/mol. The molecule has 0 aromatic heterocycles. The van der Waals surface area contributed by atoms with Crippen molar-refractivity contribution in [1.29, 1.82) is 0 Å². The molecule has 0 spiro atoms. The molecule has 1 fully saturated rings. The van der Waals surface area contributed by atoms with Gasteiger partial charge < -0.3 is 37.5 Å². The van der Waals surface area contributed by atoms with Crippen molar-refractivity contribution in [2.45, 2.75) is 97.4 Å². The zero-order chi connectivity index (χ0) is 40.1. The van der Waals surface area contributed by atoms with E-state index in [-0.39, 0.29) is 38.1 Å². The summed E-state index contributed by atoms with van der Waals surface area (Å²) in [6.07, 6.45) is 9.83. The molecule has 1 aliphatic rings. The summed E-state index contributed by atoms with van der Waals surface area (Å²) in [6.45, 7) is 12.7. The Hall–Kier alpha value is -3.83. The highest BCUT2D eigenvalue weighted by Crippen LogP contribution is 2.48. The van der Waals surface area contributed by atoms with E-state index >= 15 is 0 Å². The molecule has 4 atom stereocenters. The summed E-state index contributed by atoms with van der Waals surface area (Å²) < 4.78 is 58.7. The highest BCUT2D eigenvalue weighted by molar-refractivity contribution is 7.54. The SMILES string of the molecule is C=C1C[C@@H](C/C=C/C(C/C(C)=C\C=O)OCc2ccc(OC)cc2)O[C@@H](/C=C(\C)C[C@H](COCc2ccc(OC)cc2)OC(=O)CP(=O)(OCC)OCC)C1. The second kappa shape index (κ2) is 24.6. The fourth-order valence-electron chi connectivity index (χ4n) is 6.07. The van der Waals surface area contributed by atoms with Crippen molar-refractivity contribution in [3.8, 4) is 11.5 Å². The first kappa shape index (κ1) is 45.6. The molecular formula is C43H59O11P. The third-order valence-electron chi connectivity index (χ3n) is 8.65. The van der Waals surface area contributed by atoms with Gasteiger partial charge in [0.15, 0.2) is 0 Å². The molecule has 0 N–H and O–H groups in total. The average Bonchev–Trinajstić information content (AvgIpc) is 3.14. The molecule has 302 valence electrons. The van der Waals surface area contributed by atoms with Crippen LogP contribution in [0.4, 0.5) is 0 Å². The maximum atomic E-state index is 13.0. The second-order valence-corrected chi connectivity index (χ2v) is 15.5. The molecule has 1 heterocycles. The molecule has 12 heteroatoms. The zero-order valence-electron chi connectivity index (χ0n) is 33.2. The first-order chi connectivity index (χ1) is 26.5. The minimum atomic E-state index is -3.64. The van der Waals surface area contributed by atoms with Crippen molar-refractivity contribution < 1.29 is 51.6 Å². The Balaban J connectivity index is 1.65. The van der Waals surface area contributed by atoms with Crippen molar-refractivity contribution in [3.63, 3.8) is 0 Å². The van der Waals surface area contributed by atoms with Crippen molar-refractivity contribution in [3.05, 3.63) is 107 Å². The van der Waals surface area contributed by atoms with Gasteiger partial charge in [0.05, 0.1) is 65.6 Å². The van der Waals surface area contributed by atoms with Gasteiger partial charge in [0, 0.05) is 6.42 Å². The lowest BCUT2D eigenvalue weighted by atomic mass is 9.95. The molecule has 0 saturated carbocycles. The van der Waals surface area contributed by atoms with E-state index in [1.54, 1.807) is 34.1 Å². The van der Waals surface area contributed by atoms with Crippen LogP contribution in [0.15, 0.2) is 96.1 Å². The van der Waals surface area contributed by atoms with Crippen molar-refractivity contribution >= 4 is 19.9 Å². The van der Waals surface area contributed by atoms with Gasteiger partial charge in [-0.3, -0.25) is 14.2 Å². The van der Waals surface area contributed by atoms with Crippen LogP contribution >= 0.6 is 7.60 Å². The number of benzene rings is 2. The quantitative estimate of drug-likeness (QED) is 0.0315. The van der Waals surface area contributed by atoms with Gasteiger partial charge >= 0.3 is 13.6 Å². The van der Waals surface area contributed by atoms with Crippen molar-refractivity contribution in [2.75, 3.05) is 40.2 Å². The number of hydrogen-bond donors (Lipinski definition) is 0. The first-order valence-corrected chi connectivity index (χ1v) is 20.5. The first-order valence-electron chi connectivity index (χ1n) is 18.8. The number of hydrogen-bond acceptors (Lipinski definition) is 11. The van der Waals surface area contributed by atoms with Crippen LogP contribution < -0.4 is 9.47 Å². The van der Waals surface area contributed by atoms with E-state index in [4.69, 9.17) is 37.5 Å². The van der Waals surface area contributed by atoms with E-state index in [0.29, 0.717) is 38.9 Å². The molecular weight excluding hydrogens is 723 g/mol. The van der Waals surface area contributed by atoms with E-state index < -0.39 is 25.8 Å². The van der Waals surface area contributed by atoms with E-state index in [1.807, 2.05) is 74.5 Å². The summed E-state index contributed by atoms with van der Waals surface area (Å²) in [4.78, 5) is 24.1. The normalized spacial score (nSPS) is 17.9. The molecule has 0 radical (unpaired) electrons.